The van der Waals surface area contributed by atoms with Gasteiger partial charge in [-0.2, -0.15) is 0 Å². The first-order chi connectivity index (χ1) is 15.0. The molecule has 3 rings (SSSR count). The van der Waals surface area contributed by atoms with Crippen LogP contribution in [-0.2, 0) is 16.0 Å². The third-order valence-corrected chi connectivity index (χ3v) is 6.43. The summed E-state index contributed by atoms with van der Waals surface area (Å²) in [5.74, 6) is 0.777. The first kappa shape index (κ1) is 23.4. The number of hydrogen-bond donors (Lipinski definition) is 0. The molecule has 31 heavy (non-hydrogen) atoms. The van der Waals surface area contributed by atoms with E-state index in [1.807, 2.05) is 25.1 Å². The monoisotopic (exact) mass is 440 g/mol. The van der Waals surface area contributed by atoms with E-state index in [1.165, 1.54) is 47.1 Å². The lowest BCUT2D eigenvalue weighted by atomic mass is 9.96. The second kappa shape index (κ2) is 11.4. The van der Waals surface area contributed by atoms with Crippen molar-refractivity contribution < 1.29 is 14.3 Å². The number of halogens is 1. The highest BCUT2D eigenvalue weighted by Crippen LogP contribution is 2.33. The fourth-order valence-electron chi connectivity index (χ4n) is 4.22. The molecule has 0 bridgehead atoms. The van der Waals surface area contributed by atoms with E-state index in [2.05, 4.69) is 32.0 Å². The second-order valence-corrected chi connectivity index (χ2v) is 8.65. The lowest BCUT2D eigenvalue weighted by molar-refractivity contribution is -0.143. The van der Waals surface area contributed by atoms with Crippen molar-refractivity contribution in [3.8, 4) is 5.75 Å². The molecule has 0 amide bonds. The zero-order valence-corrected chi connectivity index (χ0v) is 19.7. The Morgan fingerprint density at radius 1 is 0.968 bits per heavy atom. The molecule has 4 heteroatoms. The van der Waals surface area contributed by atoms with Gasteiger partial charge >= 0.3 is 5.97 Å². The maximum Gasteiger partial charge on any atom is 0.306 e. The zero-order chi connectivity index (χ0) is 22.2. The fraction of sp³-hybridized carbons (Fsp3) is 0.444. The molecule has 2 aromatic rings. The number of hydrogen-bond acceptors (Lipinski definition) is 3. The SMILES string of the molecule is CCOC(=O)CCc1ccc(OCC2=C(c3ccc(Cl)cc3)CCCCC2)c(C)c1C. The molecule has 0 N–H and O–H groups in total. The van der Waals surface area contributed by atoms with Crippen molar-refractivity contribution in [2.45, 2.75) is 65.7 Å². The highest BCUT2D eigenvalue weighted by atomic mass is 35.5. The maximum atomic E-state index is 11.7. The molecule has 1 aliphatic rings. The minimum atomic E-state index is -0.144. The van der Waals surface area contributed by atoms with Crippen molar-refractivity contribution in [3.05, 3.63) is 69.2 Å². The summed E-state index contributed by atoms with van der Waals surface area (Å²) in [5.41, 5.74) is 7.57. The largest absolute Gasteiger partial charge is 0.489 e. The first-order valence-corrected chi connectivity index (χ1v) is 11.7. The molecule has 3 nitrogen and oxygen atoms in total. The van der Waals surface area contributed by atoms with Crippen molar-refractivity contribution in [1.82, 2.24) is 0 Å². The highest BCUT2D eigenvalue weighted by Gasteiger charge is 2.15. The van der Waals surface area contributed by atoms with Crippen LogP contribution < -0.4 is 4.74 Å². The van der Waals surface area contributed by atoms with Crippen LogP contribution in [0.15, 0.2) is 42.0 Å². The molecule has 0 saturated heterocycles. The van der Waals surface area contributed by atoms with Gasteiger partial charge in [0.15, 0.2) is 0 Å². The van der Waals surface area contributed by atoms with Crippen LogP contribution in [0.5, 0.6) is 5.75 Å². The summed E-state index contributed by atoms with van der Waals surface area (Å²) in [7, 11) is 0. The van der Waals surface area contributed by atoms with Crippen LogP contribution >= 0.6 is 11.6 Å². The Labute approximate surface area is 191 Å². The van der Waals surface area contributed by atoms with E-state index < -0.39 is 0 Å². The van der Waals surface area contributed by atoms with E-state index in [1.54, 1.807) is 0 Å². The summed E-state index contributed by atoms with van der Waals surface area (Å²) in [4.78, 5) is 11.7. The van der Waals surface area contributed by atoms with Gasteiger partial charge in [-0.15, -0.1) is 0 Å². The van der Waals surface area contributed by atoms with Gasteiger partial charge in [-0.3, -0.25) is 4.79 Å². The molecule has 0 radical (unpaired) electrons. The lowest BCUT2D eigenvalue weighted by Crippen LogP contribution is -2.08. The third kappa shape index (κ3) is 6.36. The fourth-order valence-corrected chi connectivity index (χ4v) is 4.34. The Kier molecular flexibility index (Phi) is 8.60. The second-order valence-electron chi connectivity index (χ2n) is 8.22. The van der Waals surface area contributed by atoms with Crippen molar-refractivity contribution in [3.63, 3.8) is 0 Å². The molecule has 0 unspecified atom stereocenters. The summed E-state index contributed by atoms with van der Waals surface area (Å²) in [6.45, 7) is 7.08. The minimum absolute atomic E-state index is 0.144. The third-order valence-electron chi connectivity index (χ3n) is 6.18. The summed E-state index contributed by atoms with van der Waals surface area (Å²) in [5, 5.41) is 0.768. The molecule has 0 atom stereocenters. The standard InChI is InChI=1S/C27H33ClO3/c1-4-30-27(29)17-13-21-12-16-26(20(3)19(21)2)31-18-23-8-6-5-7-9-25(23)22-10-14-24(28)15-11-22/h10-12,14-16H,4-9,13,17-18H2,1-3H3. The van der Waals surface area contributed by atoms with Crippen molar-refractivity contribution in [1.29, 1.82) is 0 Å². The smallest absolute Gasteiger partial charge is 0.306 e. The Hall–Kier alpha value is -2.26. The molecule has 0 aliphatic heterocycles. The van der Waals surface area contributed by atoms with Crippen LogP contribution in [0, 0.1) is 13.8 Å². The number of carbonyl (C=O) groups is 1. The molecule has 0 saturated carbocycles. The zero-order valence-electron chi connectivity index (χ0n) is 18.9. The summed E-state index contributed by atoms with van der Waals surface area (Å²) in [6.07, 6.45) is 6.95. The first-order valence-electron chi connectivity index (χ1n) is 11.3. The normalized spacial score (nSPS) is 14.3. The Balaban J connectivity index is 1.74. The van der Waals surface area contributed by atoms with E-state index >= 15 is 0 Å². The van der Waals surface area contributed by atoms with Crippen molar-refractivity contribution >= 4 is 23.1 Å². The number of ether oxygens (including phenoxy) is 2. The Morgan fingerprint density at radius 2 is 1.71 bits per heavy atom. The predicted molar refractivity (Wildman–Crippen MR) is 128 cm³/mol. The summed E-state index contributed by atoms with van der Waals surface area (Å²) in [6, 6.07) is 12.3. The average molecular weight is 441 g/mol. The van der Waals surface area contributed by atoms with E-state index in [-0.39, 0.29) is 5.97 Å². The van der Waals surface area contributed by atoms with Gasteiger partial charge in [0.25, 0.3) is 0 Å². The minimum Gasteiger partial charge on any atom is -0.489 e. The average Bonchev–Trinajstić information content (AvgIpc) is 3.00. The van der Waals surface area contributed by atoms with Gasteiger partial charge in [-0.05, 0) is 104 Å². The Bertz CT molecular complexity index is 928. The number of benzene rings is 2. The topological polar surface area (TPSA) is 35.5 Å². The van der Waals surface area contributed by atoms with Gasteiger partial charge in [0.2, 0.25) is 0 Å². The van der Waals surface area contributed by atoms with Crippen molar-refractivity contribution in [2.24, 2.45) is 0 Å². The molecular formula is C27H33ClO3. The molecule has 1 aliphatic carbocycles. The molecule has 166 valence electrons. The van der Waals surface area contributed by atoms with Gasteiger partial charge in [-0.1, -0.05) is 36.2 Å². The predicted octanol–water partition coefficient (Wildman–Crippen LogP) is 7.25. The van der Waals surface area contributed by atoms with Gasteiger partial charge in [0, 0.05) is 11.4 Å². The van der Waals surface area contributed by atoms with E-state index in [0.29, 0.717) is 26.1 Å². The number of rotatable bonds is 8. The van der Waals surface area contributed by atoms with Crippen LogP contribution in [0.1, 0.15) is 67.7 Å². The molecule has 0 fully saturated rings. The molecule has 2 aromatic carbocycles. The number of carbonyl (C=O) groups excluding carboxylic acids is 1. The summed E-state index contributed by atoms with van der Waals surface area (Å²) >= 11 is 6.09. The molecule has 0 spiro atoms. The van der Waals surface area contributed by atoms with Crippen LogP contribution in [0.4, 0.5) is 0 Å². The van der Waals surface area contributed by atoms with Crippen LogP contribution in [-0.4, -0.2) is 19.2 Å². The maximum absolute atomic E-state index is 11.7. The molecule has 0 aromatic heterocycles. The summed E-state index contributed by atoms with van der Waals surface area (Å²) < 4.78 is 11.4. The van der Waals surface area contributed by atoms with E-state index in [0.717, 1.165) is 29.2 Å². The van der Waals surface area contributed by atoms with E-state index in [9.17, 15) is 4.79 Å². The van der Waals surface area contributed by atoms with Crippen LogP contribution in [0.3, 0.4) is 0 Å². The van der Waals surface area contributed by atoms with Crippen LogP contribution in [0.2, 0.25) is 5.02 Å². The van der Waals surface area contributed by atoms with Gasteiger partial charge < -0.3 is 9.47 Å². The van der Waals surface area contributed by atoms with Gasteiger partial charge in [-0.25, -0.2) is 0 Å². The highest BCUT2D eigenvalue weighted by molar-refractivity contribution is 6.30. The molecular weight excluding hydrogens is 408 g/mol. The lowest BCUT2D eigenvalue weighted by Gasteiger charge is -2.18. The molecule has 0 heterocycles. The van der Waals surface area contributed by atoms with Gasteiger partial charge in [0.05, 0.1) is 6.61 Å². The number of esters is 1. The van der Waals surface area contributed by atoms with Gasteiger partial charge in [0.1, 0.15) is 12.4 Å². The van der Waals surface area contributed by atoms with E-state index in [4.69, 9.17) is 21.1 Å². The van der Waals surface area contributed by atoms with Crippen LogP contribution in [0.25, 0.3) is 5.57 Å². The van der Waals surface area contributed by atoms with Crippen molar-refractivity contribution in [2.75, 3.05) is 13.2 Å². The quantitative estimate of drug-likeness (QED) is 0.405. The number of aryl methyl sites for hydroxylation is 1. The number of allylic oxidation sites excluding steroid dienone is 1. The Morgan fingerprint density at radius 3 is 2.45 bits per heavy atom.